The van der Waals surface area contributed by atoms with E-state index in [1.165, 1.54) is 0 Å². The minimum atomic E-state index is -0.859. The van der Waals surface area contributed by atoms with Crippen LogP contribution in [0.1, 0.15) is 11.4 Å². The Morgan fingerprint density at radius 3 is 2.18 bits per heavy atom. The molecule has 8 nitrogen and oxygen atoms in total. The second-order valence-corrected chi connectivity index (χ2v) is 7.43. The Balaban J connectivity index is 1.39. The lowest BCUT2D eigenvalue weighted by molar-refractivity contribution is 0.262. The van der Waals surface area contributed by atoms with Crippen LogP contribution in [-0.2, 0) is 0 Å². The molecule has 0 saturated carbocycles. The third-order valence-corrected chi connectivity index (χ3v) is 4.60. The summed E-state index contributed by atoms with van der Waals surface area (Å²) in [6.07, 6.45) is 1.72. The van der Waals surface area contributed by atoms with Crippen molar-refractivity contribution in [2.24, 2.45) is 0 Å². The molecule has 2 aromatic heterocycles. The maximum absolute atomic E-state index is 13.7. The van der Waals surface area contributed by atoms with Crippen LogP contribution >= 0.6 is 0 Å². The van der Waals surface area contributed by atoms with Crippen molar-refractivity contribution in [3.8, 4) is 0 Å². The van der Waals surface area contributed by atoms with Crippen LogP contribution in [0.2, 0.25) is 0 Å². The van der Waals surface area contributed by atoms with E-state index in [9.17, 15) is 13.6 Å². The number of carbonyl (C=O) groups excluding carboxylic acids is 1. The van der Waals surface area contributed by atoms with E-state index in [1.54, 1.807) is 43.5 Å². The van der Waals surface area contributed by atoms with E-state index < -0.39 is 17.7 Å². The van der Waals surface area contributed by atoms with Gasteiger partial charge in [0.2, 0.25) is 0 Å². The molecule has 0 atom stereocenters. The molecule has 0 unspecified atom stereocenters. The number of aryl methyl sites for hydroxylation is 2. The topological polar surface area (TPSA) is 104 Å². The van der Waals surface area contributed by atoms with Crippen LogP contribution in [0.3, 0.4) is 0 Å². The van der Waals surface area contributed by atoms with Crippen LogP contribution in [0.5, 0.6) is 0 Å². The maximum Gasteiger partial charge on any atom is 0.323 e. The van der Waals surface area contributed by atoms with E-state index in [4.69, 9.17) is 0 Å². The van der Waals surface area contributed by atoms with Crippen molar-refractivity contribution in [3.05, 3.63) is 89.9 Å². The van der Waals surface area contributed by atoms with Gasteiger partial charge < -0.3 is 21.3 Å². The lowest BCUT2D eigenvalue weighted by Gasteiger charge is -2.11. The molecule has 0 aliphatic heterocycles. The fraction of sp³-hybridized carbons (Fsp3) is 0.0833. The smallest absolute Gasteiger partial charge is 0.323 e. The van der Waals surface area contributed by atoms with Gasteiger partial charge in [-0.25, -0.2) is 28.5 Å². The first-order chi connectivity index (χ1) is 16.3. The van der Waals surface area contributed by atoms with Gasteiger partial charge in [0.25, 0.3) is 0 Å². The molecule has 10 heteroatoms. The van der Waals surface area contributed by atoms with E-state index in [0.717, 1.165) is 23.4 Å². The molecular weight excluding hydrogens is 440 g/mol. The summed E-state index contributed by atoms with van der Waals surface area (Å²) in [6, 6.07) is 14.7. The highest BCUT2D eigenvalue weighted by Gasteiger charge is 2.09. The molecule has 4 rings (SSSR count). The van der Waals surface area contributed by atoms with Gasteiger partial charge in [-0.05, 0) is 67.9 Å². The average molecular weight is 461 g/mol. The molecule has 0 saturated heterocycles. The van der Waals surface area contributed by atoms with E-state index in [0.29, 0.717) is 35.0 Å². The zero-order valence-corrected chi connectivity index (χ0v) is 18.4. The third kappa shape index (κ3) is 6.00. The summed E-state index contributed by atoms with van der Waals surface area (Å²) < 4.78 is 26.7. The van der Waals surface area contributed by atoms with E-state index in [-0.39, 0.29) is 5.69 Å². The van der Waals surface area contributed by atoms with E-state index in [1.807, 2.05) is 19.1 Å². The molecule has 0 aliphatic carbocycles. The molecule has 4 N–H and O–H groups in total. The summed E-state index contributed by atoms with van der Waals surface area (Å²) in [7, 11) is 0. The predicted octanol–water partition coefficient (Wildman–Crippen LogP) is 5.90. The lowest BCUT2D eigenvalue weighted by atomic mass is 10.2. The van der Waals surface area contributed by atoms with E-state index >= 15 is 0 Å². The van der Waals surface area contributed by atoms with Crippen LogP contribution in [0.4, 0.5) is 48.1 Å². The molecule has 0 spiro atoms. The Bertz CT molecular complexity index is 1330. The van der Waals surface area contributed by atoms with Gasteiger partial charge in [-0.15, -0.1) is 0 Å². The number of amides is 2. The summed E-state index contributed by atoms with van der Waals surface area (Å²) in [6.45, 7) is 3.77. The Labute approximate surface area is 194 Å². The zero-order valence-electron chi connectivity index (χ0n) is 18.4. The molecule has 4 aromatic rings. The second kappa shape index (κ2) is 9.90. The summed E-state index contributed by atoms with van der Waals surface area (Å²) in [5, 5.41) is 11.3. The highest BCUT2D eigenvalue weighted by molar-refractivity contribution is 5.99. The van der Waals surface area contributed by atoms with Crippen LogP contribution in [0, 0.1) is 25.5 Å². The van der Waals surface area contributed by atoms with Gasteiger partial charge in [-0.2, -0.15) is 0 Å². The Morgan fingerprint density at radius 1 is 0.765 bits per heavy atom. The summed E-state index contributed by atoms with van der Waals surface area (Å²) in [4.78, 5) is 25.2. The number of hydrogen-bond acceptors (Lipinski definition) is 6. The molecule has 34 heavy (non-hydrogen) atoms. The van der Waals surface area contributed by atoms with Crippen LogP contribution in [0.15, 0.2) is 66.9 Å². The number of nitrogens with one attached hydrogen (secondary N) is 4. The summed E-state index contributed by atoms with van der Waals surface area (Å²) in [5.41, 5.74) is 2.17. The maximum atomic E-state index is 13.7. The molecule has 2 amide bonds. The molecule has 2 heterocycles. The van der Waals surface area contributed by atoms with Gasteiger partial charge in [-0.1, -0.05) is 0 Å². The molecule has 2 aromatic carbocycles. The van der Waals surface area contributed by atoms with Gasteiger partial charge >= 0.3 is 6.03 Å². The Morgan fingerprint density at radius 2 is 1.47 bits per heavy atom. The first kappa shape index (κ1) is 22.6. The van der Waals surface area contributed by atoms with Crippen LogP contribution in [0.25, 0.3) is 0 Å². The molecular formula is C24H21F2N7O. The van der Waals surface area contributed by atoms with Gasteiger partial charge in [0.1, 0.15) is 34.9 Å². The average Bonchev–Trinajstić information content (AvgIpc) is 2.77. The molecule has 0 fully saturated rings. The number of pyridine rings is 1. The van der Waals surface area contributed by atoms with Gasteiger partial charge in [0, 0.05) is 29.7 Å². The minimum absolute atomic E-state index is 0.124. The van der Waals surface area contributed by atoms with Crippen molar-refractivity contribution in [3.63, 3.8) is 0 Å². The summed E-state index contributed by atoms with van der Waals surface area (Å²) >= 11 is 0. The number of benzene rings is 2. The van der Waals surface area contributed by atoms with Crippen molar-refractivity contribution >= 4 is 40.5 Å². The van der Waals surface area contributed by atoms with Crippen LogP contribution in [-0.4, -0.2) is 21.0 Å². The highest BCUT2D eigenvalue weighted by atomic mass is 19.1. The summed E-state index contributed by atoms with van der Waals surface area (Å²) in [5.74, 6) is 0.840. The van der Waals surface area contributed by atoms with Crippen LogP contribution < -0.4 is 21.3 Å². The standard InChI is InChI=1S/C24H21F2N7O/c1-14-9-10-27-21(11-14)33-23-13-22(28-15(2)29-23)30-17-4-6-18(7-5-17)31-24(34)32-20-8-3-16(25)12-19(20)26/h3-13H,1-2H3,(H2,31,32,34)(H2,27,28,29,30,33). The number of anilines is 6. The SMILES string of the molecule is Cc1ccnc(Nc2cc(Nc3ccc(NC(=O)Nc4ccc(F)cc4F)cc3)nc(C)n2)c1. The van der Waals surface area contributed by atoms with Crippen molar-refractivity contribution in [2.45, 2.75) is 13.8 Å². The number of rotatable bonds is 6. The largest absolute Gasteiger partial charge is 0.340 e. The predicted molar refractivity (Wildman–Crippen MR) is 128 cm³/mol. The number of hydrogen-bond donors (Lipinski definition) is 4. The van der Waals surface area contributed by atoms with E-state index in [2.05, 4.69) is 36.2 Å². The first-order valence-electron chi connectivity index (χ1n) is 10.3. The molecule has 0 radical (unpaired) electrons. The fourth-order valence-corrected chi connectivity index (χ4v) is 3.09. The number of carbonyl (C=O) groups is 1. The fourth-order valence-electron chi connectivity index (χ4n) is 3.09. The molecule has 0 aliphatic rings. The van der Waals surface area contributed by atoms with Crippen molar-refractivity contribution in [2.75, 3.05) is 21.3 Å². The molecule has 0 bridgehead atoms. The van der Waals surface area contributed by atoms with Crippen molar-refractivity contribution < 1.29 is 13.6 Å². The number of aromatic nitrogens is 3. The van der Waals surface area contributed by atoms with Crippen molar-refractivity contribution in [1.29, 1.82) is 0 Å². The monoisotopic (exact) mass is 461 g/mol. The third-order valence-electron chi connectivity index (χ3n) is 4.60. The number of nitrogens with zero attached hydrogens (tertiary/aromatic N) is 3. The second-order valence-electron chi connectivity index (χ2n) is 7.43. The quantitative estimate of drug-likeness (QED) is 0.285. The minimum Gasteiger partial charge on any atom is -0.340 e. The van der Waals surface area contributed by atoms with Crippen molar-refractivity contribution in [1.82, 2.24) is 15.0 Å². The van der Waals surface area contributed by atoms with Gasteiger partial charge in [0.15, 0.2) is 0 Å². The Hall–Kier alpha value is -4.60. The first-order valence-corrected chi connectivity index (χ1v) is 10.3. The van der Waals surface area contributed by atoms with Gasteiger partial charge in [0.05, 0.1) is 5.69 Å². The van der Waals surface area contributed by atoms with Gasteiger partial charge in [-0.3, -0.25) is 0 Å². The number of halogens is 2. The Kier molecular flexibility index (Phi) is 6.58. The zero-order chi connectivity index (χ0) is 24.1. The number of urea groups is 1. The lowest BCUT2D eigenvalue weighted by Crippen LogP contribution is -2.20. The normalized spacial score (nSPS) is 10.5. The highest BCUT2D eigenvalue weighted by Crippen LogP contribution is 2.22. The molecule has 172 valence electrons.